The van der Waals surface area contributed by atoms with Gasteiger partial charge in [0.1, 0.15) is 18.0 Å². The van der Waals surface area contributed by atoms with Crippen molar-refractivity contribution in [3.8, 4) is 0 Å². The van der Waals surface area contributed by atoms with Crippen molar-refractivity contribution in [3.63, 3.8) is 0 Å². The molecule has 0 atom stereocenters. The Labute approximate surface area is 111 Å². The van der Waals surface area contributed by atoms with Gasteiger partial charge in [0.15, 0.2) is 0 Å². The van der Waals surface area contributed by atoms with Gasteiger partial charge in [-0.05, 0) is 30.4 Å². The van der Waals surface area contributed by atoms with E-state index in [4.69, 9.17) is 5.73 Å². The molecule has 0 aromatic carbocycles. The van der Waals surface area contributed by atoms with Crippen LogP contribution in [0.3, 0.4) is 0 Å². The molecule has 0 saturated heterocycles. The number of nitrogens with two attached hydrogens (primary N) is 1. The zero-order valence-electron chi connectivity index (χ0n) is 10.7. The fraction of sp³-hybridized carbons (Fsp3) is 0.385. The van der Waals surface area contributed by atoms with E-state index in [1.807, 2.05) is 0 Å². The van der Waals surface area contributed by atoms with Crippen LogP contribution < -0.4 is 11.1 Å². The van der Waals surface area contributed by atoms with Crippen LogP contribution >= 0.6 is 11.3 Å². The smallest absolute Gasteiger partial charge is 0.135 e. The molecule has 0 aliphatic rings. The molecule has 0 amide bonds. The molecule has 4 nitrogen and oxygen atoms in total. The Morgan fingerprint density at radius 2 is 2.22 bits per heavy atom. The summed E-state index contributed by atoms with van der Waals surface area (Å²) in [6.45, 7) is 5.03. The molecule has 3 N–H and O–H groups in total. The highest BCUT2D eigenvalue weighted by Gasteiger charge is 2.08. The number of hydrogen-bond acceptors (Lipinski definition) is 5. The number of rotatable bonds is 5. The van der Waals surface area contributed by atoms with Crippen LogP contribution in [0.15, 0.2) is 17.8 Å². The number of nitrogens with zero attached hydrogens (tertiary/aromatic N) is 2. The van der Waals surface area contributed by atoms with Crippen LogP contribution in [-0.2, 0) is 13.0 Å². The summed E-state index contributed by atoms with van der Waals surface area (Å²) < 4.78 is 0. The first-order valence-corrected chi connectivity index (χ1v) is 6.96. The summed E-state index contributed by atoms with van der Waals surface area (Å²) in [6, 6.07) is 2.13. The van der Waals surface area contributed by atoms with Gasteiger partial charge in [-0.3, -0.25) is 0 Å². The molecule has 18 heavy (non-hydrogen) atoms. The first kappa shape index (κ1) is 12.8. The second-order valence-corrected chi connectivity index (χ2v) is 5.22. The summed E-state index contributed by atoms with van der Waals surface area (Å²) in [5, 5.41) is 5.47. The second kappa shape index (κ2) is 5.82. The van der Waals surface area contributed by atoms with E-state index in [1.165, 1.54) is 16.8 Å². The quantitative estimate of drug-likeness (QED) is 0.869. The van der Waals surface area contributed by atoms with Crippen molar-refractivity contribution >= 4 is 23.0 Å². The van der Waals surface area contributed by atoms with Crippen LogP contribution in [0.25, 0.3) is 0 Å². The fourth-order valence-corrected chi connectivity index (χ4v) is 2.67. The van der Waals surface area contributed by atoms with Gasteiger partial charge in [-0.15, -0.1) is 11.3 Å². The Balaban J connectivity index is 2.14. The third-order valence-corrected chi connectivity index (χ3v) is 3.89. The topological polar surface area (TPSA) is 63.8 Å². The van der Waals surface area contributed by atoms with Crippen LogP contribution in [0.2, 0.25) is 0 Å². The molecule has 0 fully saturated rings. The number of nitrogen functional groups attached to an aromatic ring is 1. The highest BCUT2D eigenvalue weighted by Crippen LogP contribution is 2.21. The summed E-state index contributed by atoms with van der Waals surface area (Å²) in [5.41, 5.74) is 8.23. The highest BCUT2D eigenvalue weighted by atomic mass is 32.1. The number of aromatic nitrogens is 2. The van der Waals surface area contributed by atoms with Crippen LogP contribution in [0.4, 0.5) is 11.6 Å². The monoisotopic (exact) mass is 262 g/mol. The van der Waals surface area contributed by atoms with Crippen molar-refractivity contribution in [2.24, 2.45) is 0 Å². The van der Waals surface area contributed by atoms with Gasteiger partial charge in [0.25, 0.3) is 0 Å². The van der Waals surface area contributed by atoms with Crippen LogP contribution in [-0.4, -0.2) is 9.97 Å². The minimum absolute atomic E-state index is 0.581. The lowest BCUT2D eigenvalue weighted by Gasteiger charge is -2.11. The molecule has 2 aromatic heterocycles. The Bertz CT molecular complexity index is 521. The van der Waals surface area contributed by atoms with E-state index >= 15 is 0 Å². The molecule has 0 saturated carbocycles. The molecule has 0 spiro atoms. The van der Waals surface area contributed by atoms with E-state index in [0.717, 1.165) is 30.8 Å². The van der Waals surface area contributed by atoms with Gasteiger partial charge in [-0.25, -0.2) is 9.97 Å². The summed E-state index contributed by atoms with van der Waals surface area (Å²) in [7, 11) is 0. The third kappa shape index (κ3) is 2.79. The van der Waals surface area contributed by atoms with Crippen molar-refractivity contribution in [1.29, 1.82) is 0 Å². The molecule has 2 rings (SSSR count). The van der Waals surface area contributed by atoms with Crippen LogP contribution in [0, 0.1) is 6.92 Å². The first-order valence-electron chi connectivity index (χ1n) is 6.08. The lowest BCUT2D eigenvalue weighted by Crippen LogP contribution is -2.08. The summed E-state index contributed by atoms with van der Waals surface area (Å²) in [6.07, 6.45) is 3.45. The Hall–Kier alpha value is -1.62. The molecule has 2 heterocycles. The van der Waals surface area contributed by atoms with E-state index in [2.05, 4.69) is 40.6 Å². The zero-order valence-corrected chi connectivity index (χ0v) is 11.5. The van der Waals surface area contributed by atoms with Crippen molar-refractivity contribution in [2.75, 3.05) is 11.1 Å². The number of anilines is 2. The predicted octanol–water partition coefficient (Wildman–Crippen LogP) is 2.99. The number of hydrogen-bond donors (Lipinski definition) is 2. The molecule has 0 aliphatic carbocycles. The van der Waals surface area contributed by atoms with Gasteiger partial charge in [-0.2, -0.15) is 0 Å². The van der Waals surface area contributed by atoms with Gasteiger partial charge in [0.2, 0.25) is 0 Å². The second-order valence-electron chi connectivity index (χ2n) is 4.22. The Morgan fingerprint density at radius 1 is 1.39 bits per heavy atom. The van der Waals surface area contributed by atoms with Crippen LogP contribution in [0.1, 0.15) is 29.3 Å². The number of nitrogens with one attached hydrogen (secondary N) is 1. The molecular formula is C13H18N4S. The average Bonchev–Trinajstić information content (AvgIpc) is 2.76. The Morgan fingerprint density at radius 3 is 2.89 bits per heavy atom. The van der Waals surface area contributed by atoms with Crippen molar-refractivity contribution in [1.82, 2.24) is 9.97 Å². The molecule has 96 valence electrons. The lowest BCUT2D eigenvalue weighted by molar-refractivity contribution is 0.902. The molecular weight excluding hydrogens is 244 g/mol. The lowest BCUT2D eigenvalue weighted by atomic mass is 10.1. The average molecular weight is 262 g/mol. The number of aryl methyl sites for hydroxylation is 1. The van der Waals surface area contributed by atoms with Gasteiger partial charge in [0.05, 0.1) is 6.54 Å². The molecule has 0 radical (unpaired) electrons. The van der Waals surface area contributed by atoms with Gasteiger partial charge in [0, 0.05) is 10.4 Å². The maximum Gasteiger partial charge on any atom is 0.135 e. The summed E-state index contributed by atoms with van der Waals surface area (Å²) in [4.78, 5) is 9.67. The molecule has 2 aromatic rings. The van der Waals surface area contributed by atoms with Crippen molar-refractivity contribution < 1.29 is 0 Å². The molecule has 0 bridgehead atoms. The maximum absolute atomic E-state index is 5.90. The highest BCUT2D eigenvalue weighted by molar-refractivity contribution is 7.10. The van der Waals surface area contributed by atoms with E-state index < -0.39 is 0 Å². The third-order valence-electron chi connectivity index (χ3n) is 2.86. The summed E-state index contributed by atoms with van der Waals surface area (Å²) >= 11 is 1.76. The van der Waals surface area contributed by atoms with E-state index in [0.29, 0.717) is 5.82 Å². The summed E-state index contributed by atoms with van der Waals surface area (Å²) in [5.74, 6) is 1.44. The molecule has 0 unspecified atom stereocenters. The minimum atomic E-state index is 0.581. The molecule has 0 aliphatic heterocycles. The van der Waals surface area contributed by atoms with Crippen molar-refractivity contribution in [2.45, 2.75) is 33.2 Å². The fourth-order valence-electron chi connectivity index (χ4n) is 1.82. The predicted molar refractivity (Wildman–Crippen MR) is 76.8 cm³/mol. The SMILES string of the molecule is CCCc1c(N)ncnc1NCc1sccc1C. The number of thiophene rings is 1. The van der Waals surface area contributed by atoms with Gasteiger partial charge < -0.3 is 11.1 Å². The maximum atomic E-state index is 5.90. The molecule has 5 heteroatoms. The standard InChI is InChI=1S/C13H18N4S/c1-3-4-10-12(14)16-8-17-13(10)15-7-11-9(2)5-6-18-11/h5-6,8H,3-4,7H2,1-2H3,(H3,14,15,16,17). The largest absolute Gasteiger partial charge is 0.383 e. The van der Waals surface area contributed by atoms with Gasteiger partial charge >= 0.3 is 0 Å². The van der Waals surface area contributed by atoms with E-state index in [-0.39, 0.29) is 0 Å². The van der Waals surface area contributed by atoms with Crippen LogP contribution in [0.5, 0.6) is 0 Å². The normalized spacial score (nSPS) is 10.6. The first-order chi connectivity index (χ1) is 8.72. The van der Waals surface area contributed by atoms with Gasteiger partial charge in [-0.1, -0.05) is 13.3 Å². The zero-order chi connectivity index (χ0) is 13.0. The van der Waals surface area contributed by atoms with E-state index in [1.54, 1.807) is 11.3 Å². The van der Waals surface area contributed by atoms with Crippen molar-refractivity contribution in [3.05, 3.63) is 33.8 Å². The minimum Gasteiger partial charge on any atom is -0.383 e. The Kier molecular flexibility index (Phi) is 4.15. The van der Waals surface area contributed by atoms with E-state index in [9.17, 15) is 0 Å².